The summed E-state index contributed by atoms with van der Waals surface area (Å²) < 4.78 is 38.3. The van der Waals surface area contributed by atoms with Crippen LogP contribution in [0, 0.1) is 0 Å². The van der Waals surface area contributed by atoms with Crippen LogP contribution in [0.1, 0.15) is 15.9 Å². The first-order valence-electron chi connectivity index (χ1n) is 5.39. The molecule has 2 nitrogen and oxygen atoms in total. The molecular weight excluding hydrogens is 373 g/mol. The van der Waals surface area contributed by atoms with E-state index in [4.69, 9.17) is 11.6 Å². The summed E-state index contributed by atoms with van der Waals surface area (Å²) in [5.74, 6) is -1.47. The predicted molar refractivity (Wildman–Crippen MR) is 78.3 cm³/mol. The molecule has 21 heavy (non-hydrogen) atoms. The molecule has 0 amide bonds. The van der Waals surface area contributed by atoms with Gasteiger partial charge in [0.2, 0.25) is 0 Å². The Morgan fingerprint density at radius 3 is 2.29 bits per heavy atom. The van der Waals surface area contributed by atoms with E-state index in [0.717, 1.165) is 12.1 Å². The lowest BCUT2D eigenvalue weighted by Crippen LogP contribution is -2.10. The Kier molecular flexibility index (Phi) is 5.42. The van der Waals surface area contributed by atoms with E-state index >= 15 is 0 Å². The molecule has 0 saturated heterocycles. The fourth-order valence-electron chi connectivity index (χ4n) is 1.48. The van der Waals surface area contributed by atoms with Crippen molar-refractivity contribution in [1.29, 1.82) is 0 Å². The van der Waals surface area contributed by atoms with E-state index in [1.807, 2.05) is 0 Å². The molecule has 1 aromatic rings. The van der Waals surface area contributed by atoms with Crippen LogP contribution in [0.25, 0.3) is 0 Å². The highest BCUT2D eigenvalue weighted by Crippen LogP contribution is 2.32. The Balaban J connectivity index is 3.39. The Hall–Kier alpha value is -1.53. The maximum absolute atomic E-state index is 12.7. The molecule has 0 saturated carbocycles. The summed E-state index contributed by atoms with van der Waals surface area (Å²) in [6.07, 6.45) is -3.57. The zero-order valence-electron chi connectivity index (χ0n) is 10.5. The van der Waals surface area contributed by atoms with Gasteiger partial charge in [-0.15, -0.1) is 0 Å². The van der Waals surface area contributed by atoms with Gasteiger partial charge in [-0.05, 0) is 24.3 Å². The summed E-state index contributed by atoms with van der Waals surface area (Å²) in [4.78, 5) is 12.2. The Morgan fingerprint density at radius 1 is 1.29 bits per heavy atom. The number of carbonyl (C=O) groups is 1. The number of Topliss-reactive ketones (excluding diaryl/α,β-unsaturated/α-hetero) is 1. The number of alkyl halides is 3. The van der Waals surface area contributed by atoms with Gasteiger partial charge in [-0.25, -0.2) is 0 Å². The second-order valence-corrected chi connectivity index (χ2v) is 5.41. The van der Waals surface area contributed by atoms with E-state index in [2.05, 4.69) is 29.1 Å². The molecule has 0 unspecified atom stereocenters. The molecule has 7 heteroatoms. The van der Waals surface area contributed by atoms with E-state index in [1.54, 1.807) is 0 Å². The minimum atomic E-state index is -4.60. The van der Waals surface area contributed by atoms with Crippen LogP contribution in [0.4, 0.5) is 13.2 Å². The molecule has 0 aromatic heterocycles. The van der Waals surface area contributed by atoms with E-state index in [1.165, 1.54) is 6.07 Å². The summed E-state index contributed by atoms with van der Waals surface area (Å²) in [7, 11) is 0. The monoisotopic (exact) mass is 380 g/mol. The van der Waals surface area contributed by atoms with Gasteiger partial charge in [0.25, 0.3) is 0 Å². The summed E-state index contributed by atoms with van der Waals surface area (Å²) in [5.41, 5.74) is -1.59. The van der Waals surface area contributed by atoms with Gasteiger partial charge in [0.05, 0.1) is 11.1 Å². The van der Waals surface area contributed by atoms with Crippen LogP contribution in [0.2, 0.25) is 0 Å². The highest BCUT2D eigenvalue weighted by atomic mass is 79.9. The first kappa shape index (κ1) is 17.5. The molecule has 1 N–H and O–H groups in total. The number of ketones is 1. The van der Waals surface area contributed by atoms with Crippen LogP contribution in [0.5, 0.6) is 0 Å². The normalized spacial score (nSPS) is 12.1. The molecule has 1 rings (SSSR count). The fraction of sp³-hybridized carbons (Fsp3) is 0.0714. The first-order chi connectivity index (χ1) is 9.52. The molecule has 1 aromatic carbocycles. The van der Waals surface area contributed by atoms with Gasteiger partial charge in [-0.1, -0.05) is 40.7 Å². The van der Waals surface area contributed by atoms with Crippen LogP contribution in [0.15, 0.2) is 58.3 Å². The van der Waals surface area contributed by atoms with Crippen molar-refractivity contribution in [3.05, 3.63) is 69.4 Å². The lowest BCUT2D eigenvalue weighted by atomic mass is 10.00. The molecule has 0 aliphatic carbocycles. The van der Waals surface area contributed by atoms with Crippen molar-refractivity contribution in [3.63, 3.8) is 0 Å². The van der Waals surface area contributed by atoms with Gasteiger partial charge in [0, 0.05) is 15.1 Å². The van der Waals surface area contributed by atoms with Gasteiger partial charge >= 0.3 is 6.18 Å². The summed E-state index contributed by atoms with van der Waals surface area (Å²) in [6.45, 7) is 6.50. The fourth-order valence-corrected chi connectivity index (χ4v) is 2.08. The standard InChI is InChI=1S/C14H9BrClF3O2/c1-7(16)3-12(8(2)20)13(21)9-4-10(14(17,18)19)6-11(15)5-9/h3-6,20H,1-2H2/b12-3+. The molecule has 0 fully saturated rings. The number of aliphatic hydroxyl groups excluding tert-OH is 1. The number of allylic oxidation sites excluding steroid dienone is 3. The van der Waals surface area contributed by atoms with Crippen LogP contribution in [-0.2, 0) is 6.18 Å². The average molecular weight is 382 g/mol. The number of hydrogen-bond acceptors (Lipinski definition) is 2. The number of halogens is 5. The van der Waals surface area contributed by atoms with Gasteiger partial charge in [-0.2, -0.15) is 13.2 Å². The highest BCUT2D eigenvalue weighted by Gasteiger charge is 2.32. The summed E-state index contributed by atoms with van der Waals surface area (Å²) >= 11 is 8.43. The second kappa shape index (κ2) is 6.49. The summed E-state index contributed by atoms with van der Waals surface area (Å²) in [5, 5.41) is 9.30. The van der Waals surface area contributed by atoms with Crippen molar-refractivity contribution in [2.75, 3.05) is 0 Å². The van der Waals surface area contributed by atoms with Gasteiger partial charge in [0.1, 0.15) is 5.76 Å². The molecule has 0 aliphatic heterocycles. The zero-order chi connectivity index (χ0) is 16.4. The van der Waals surface area contributed by atoms with Crippen molar-refractivity contribution >= 4 is 33.3 Å². The molecule has 0 atom stereocenters. The van der Waals surface area contributed by atoms with E-state index in [9.17, 15) is 23.1 Å². The first-order valence-corrected chi connectivity index (χ1v) is 6.56. The van der Waals surface area contributed by atoms with Crippen LogP contribution in [0.3, 0.4) is 0 Å². The maximum atomic E-state index is 12.7. The molecular formula is C14H9BrClF3O2. The van der Waals surface area contributed by atoms with E-state index < -0.39 is 23.3 Å². The third-order valence-corrected chi connectivity index (χ3v) is 2.91. The van der Waals surface area contributed by atoms with Gasteiger partial charge in [-0.3, -0.25) is 4.79 Å². The number of rotatable bonds is 4. The topological polar surface area (TPSA) is 37.3 Å². The average Bonchev–Trinajstić information content (AvgIpc) is 2.32. The molecule has 0 spiro atoms. The Bertz CT molecular complexity index is 648. The minimum Gasteiger partial charge on any atom is -0.508 e. The number of aliphatic hydroxyl groups is 1. The van der Waals surface area contributed by atoms with Crippen molar-refractivity contribution in [1.82, 2.24) is 0 Å². The number of benzene rings is 1. The quantitative estimate of drug-likeness (QED) is 0.328. The maximum Gasteiger partial charge on any atom is 0.416 e. The molecule has 0 heterocycles. The Morgan fingerprint density at radius 2 is 1.86 bits per heavy atom. The smallest absolute Gasteiger partial charge is 0.416 e. The highest BCUT2D eigenvalue weighted by molar-refractivity contribution is 9.10. The summed E-state index contributed by atoms with van der Waals surface area (Å²) in [6, 6.07) is 2.72. The third kappa shape index (κ3) is 4.75. The van der Waals surface area contributed by atoms with Crippen LogP contribution in [-0.4, -0.2) is 10.9 Å². The minimum absolute atomic E-state index is 0.0698. The van der Waals surface area contributed by atoms with Crippen LogP contribution < -0.4 is 0 Å². The molecule has 0 radical (unpaired) electrons. The number of carbonyl (C=O) groups excluding carboxylic acids is 1. The Labute approximate surface area is 132 Å². The van der Waals surface area contributed by atoms with Crippen LogP contribution >= 0.6 is 27.5 Å². The van der Waals surface area contributed by atoms with E-state index in [0.29, 0.717) is 6.07 Å². The van der Waals surface area contributed by atoms with Crippen molar-refractivity contribution in [2.24, 2.45) is 0 Å². The lowest BCUT2D eigenvalue weighted by molar-refractivity contribution is -0.137. The van der Waals surface area contributed by atoms with Gasteiger partial charge < -0.3 is 5.11 Å². The SMILES string of the molecule is C=C(Cl)/C=C(\C(=C)O)C(=O)c1cc(Br)cc(C(F)(F)F)c1. The molecule has 0 bridgehead atoms. The third-order valence-electron chi connectivity index (χ3n) is 2.34. The van der Waals surface area contributed by atoms with Crippen molar-refractivity contribution in [3.8, 4) is 0 Å². The number of hydrogen-bond donors (Lipinski definition) is 1. The van der Waals surface area contributed by atoms with Gasteiger partial charge in [0.15, 0.2) is 5.78 Å². The molecule has 0 aliphatic rings. The second-order valence-electron chi connectivity index (χ2n) is 4.01. The largest absolute Gasteiger partial charge is 0.508 e. The van der Waals surface area contributed by atoms with Crippen molar-refractivity contribution in [2.45, 2.75) is 6.18 Å². The lowest BCUT2D eigenvalue weighted by Gasteiger charge is -2.11. The molecule has 112 valence electrons. The zero-order valence-corrected chi connectivity index (χ0v) is 12.8. The van der Waals surface area contributed by atoms with E-state index in [-0.39, 0.29) is 20.6 Å². The predicted octanol–water partition coefficient (Wildman–Crippen LogP) is 5.40. The van der Waals surface area contributed by atoms with Crippen molar-refractivity contribution < 1.29 is 23.1 Å².